The van der Waals surface area contributed by atoms with Crippen LogP contribution in [0.4, 0.5) is 22.0 Å². The van der Waals surface area contributed by atoms with Crippen molar-refractivity contribution in [2.45, 2.75) is 37.9 Å². The maximum absolute atomic E-state index is 13.4. The van der Waals surface area contributed by atoms with Crippen LogP contribution < -0.4 is 5.32 Å². The predicted molar refractivity (Wildman–Crippen MR) is 63.4 cm³/mol. The van der Waals surface area contributed by atoms with E-state index in [1.165, 1.54) is 0 Å². The summed E-state index contributed by atoms with van der Waals surface area (Å²) in [5.74, 6) is -5.23. The summed E-state index contributed by atoms with van der Waals surface area (Å²) in [7, 11) is 0. The molecule has 3 nitrogen and oxygen atoms in total. The summed E-state index contributed by atoms with van der Waals surface area (Å²) >= 11 is 0. The van der Waals surface area contributed by atoms with Gasteiger partial charge in [0.05, 0.1) is 11.5 Å². The molecule has 0 aromatic carbocycles. The quantitative estimate of drug-likeness (QED) is 0.673. The lowest BCUT2D eigenvalue weighted by molar-refractivity contribution is -0.183. The molecule has 0 saturated heterocycles. The minimum atomic E-state index is -4.31. The van der Waals surface area contributed by atoms with Gasteiger partial charge in [-0.3, -0.25) is 4.79 Å². The number of hydrogen-bond acceptors (Lipinski definition) is 2. The third-order valence-corrected chi connectivity index (χ3v) is 3.56. The lowest BCUT2D eigenvalue weighted by Gasteiger charge is -2.31. The van der Waals surface area contributed by atoms with Gasteiger partial charge >= 0.3 is 6.18 Å². The van der Waals surface area contributed by atoms with Crippen LogP contribution in [0.25, 0.3) is 0 Å². The number of halogens is 5. The molecule has 1 aliphatic carbocycles. The maximum Gasteiger partial charge on any atom is 0.391 e. The number of alkyl halides is 3. The summed E-state index contributed by atoms with van der Waals surface area (Å²) in [6.45, 7) is 0. The Morgan fingerprint density at radius 1 is 1.29 bits per heavy atom. The summed E-state index contributed by atoms with van der Waals surface area (Å²) in [6, 6.07) is 0.283. The standard InChI is InChI=1S/C13H13F5N2O/c14-10-9(4-5-19-11(10)15)12(21)20-8-3-1-2-7(6-8)13(16,17)18/h4-5,7-8H,1-3,6H2,(H,20,21). The molecule has 1 heterocycles. The van der Waals surface area contributed by atoms with Crippen molar-refractivity contribution in [1.29, 1.82) is 0 Å². The molecule has 1 saturated carbocycles. The molecule has 1 amide bonds. The first-order chi connectivity index (χ1) is 9.79. The van der Waals surface area contributed by atoms with Crippen LogP contribution in [0.5, 0.6) is 0 Å². The second-order valence-corrected chi connectivity index (χ2v) is 5.04. The summed E-state index contributed by atoms with van der Waals surface area (Å²) < 4.78 is 64.3. The highest BCUT2D eigenvalue weighted by Gasteiger charge is 2.42. The first-order valence-electron chi connectivity index (χ1n) is 6.46. The zero-order valence-electron chi connectivity index (χ0n) is 10.9. The number of hydrogen-bond donors (Lipinski definition) is 1. The average Bonchev–Trinajstić information content (AvgIpc) is 2.41. The van der Waals surface area contributed by atoms with Gasteiger partial charge in [-0.1, -0.05) is 6.42 Å². The van der Waals surface area contributed by atoms with Crippen LogP contribution in [0.1, 0.15) is 36.0 Å². The Hall–Kier alpha value is -1.73. The zero-order chi connectivity index (χ0) is 15.6. The number of pyridine rings is 1. The lowest BCUT2D eigenvalue weighted by atomic mass is 9.85. The Bertz CT molecular complexity index is 532. The van der Waals surface area contributed by atoms with E-state index in [1.807, 2.05) is 0 Å². The normalized spacial score (nSPS) is 22.9. The Morgan fingerprint density at radius 3 is 2.67 bits per heavy atom. The van der Waals surface area contributed by atoms with E-state index in [2.05, 4.69) is 10.3 Å². The van der Waals surface area contributed by atoms with E-state index in [1.54, 1.807) is 0 Å². The highest BCUT2D eigenvalue weighted by molar-refractivity contribution is 5.94. The van der Waals surface area contributed by atoms with Crippen LogP contribution >= 0.6 is 0 Å². The summed E-state index contributed by atoms with van der Waals surface area (Å²) in [4.78, 5) is 14.9. The smallest absolute Gasteiger partial charge is 0.349 e. The Labute approximate surface area is 117 Å². The Morgan fingerprint density at radius 2 is 2.00 bits per heavy atom. The number of nitrogens with zero attached hydrogens (tertiary/aromatic N) is 1. The van der Waals surface area contributed by atoms with Crippen molar-refractivity contribution in [3.63, 3.8) is 0 Å². The fraction of sp³-hybridized carbons (Fsp3) is 0.538. The van der Waals surface area contributed by atoms with Gasteiger partial charge in [-0.05, 0) is 25.3 Å². The summed E-state index contributed by atoms with van der Waals surface area (Å²) in [6.07, 6.45) is -2.90. The molecule has 1 N–H and O–H groups in total. The van der Waals surface area contributed by atoms with Crippen molar-refractivity contribution in [2.24, 2.45) is 5.92 Å². The topological polar surface area (TPSA) is 42.0 Å². The molecule has 116 valence electrons. The van der Waals surface area contributed by atoms with Crippen molar-refractivity contribution in [3.8, 4) is 0 Å². The van der Waals surface area contributed by atoms with Crippen LogP contribution in [0.2, 0.25) is 0 Å². The molecule has 1 aromatic rings. The first-order valence-corrected chi connectivity index (χ1v) is 6.46. The fourth-order valence-electron chi connectivity index (χ4n) is 2.47. The molecule has 0 radical (unpaired) electrons. The molecular formula is C13H13F5N2O. The third kappa shape index (κ3) is 3.68. The van der Waals surface area contributed by atoms with Gasteiger partial charge in [0.25, 0.3) is 5.91 Å². The molecule has 8 heteroatoms. The maximum atomic E-state index is 13.4. The van der Waals surface area contributed by atoms with Gasteiger partial charge < -0.3 is 5.32 Å². The van der Waals surface area contributed by atoms with Gasteiger partial charge in [0.15, 0.2) is 5.82 Å². The van der Waals surface area contributed by atoms with Crippen molar-refractivity contribution >= 4 is 5.91 Å². The minimum absolute atomic E-state index is 0.0219. The minimum Gasteiger partial charge on any atom is -0.349 e. The third-order valence-electron chi connectivity index (χ3n) is 3.56. The van der Waals surface area contributed by atoms with Gasteiger partial charge in [-0.15, -0.1) is 0 Å². The average molecular weight is 308 g/mol. The van der Waals surface area contributed by atoms with E-state index in [-0.39, 0.29) is 12.8 Å². The van der Waals surface area contributed by atoms with Crippen LogP contribution in [-0.2, 0) is 0 Å². The van der Waals surface area contributed by atoms with E-state index in [9.17, 15) is 26.7 Å². The first kappa shape index (κ1) is 15.7. The number of rotatable bonds is 2. The Kier molecular flexibility index (Phi) is 4.43. The second kappa shape index (κ2) is 5.95. The molecular weight excluding hydrogens is 295 g/mol. The Balaban J connectivity index is 2.04. The van der Waals surface area contributed by atoms with Crippen molar-refractivity contribution < 1.29 is 26.7 Å². The van der Waals surface area contributed by atoms with E-state index >= 15 is 0 Å². The molecule has 2 atom stereocenters. The van der Waals surface area contributed by atoms with Gasteiger partial charge in [0.2, 0.25) is 5.95 Å². The number of amides is 1. The second-order valence-electron chi connectivity index (χ2n) is 5.04. The number of aromatic nitrogens is 1. The van der Waals surface area contributed by atoms with E-state index < -0.39 is 41.4 Å². The highest BCUT2D eigenvalue weighted by Crippen LogP contribution is 2.37. The molecule has 1 fully saturated rings. The van der Waals surface area contributed by atoms with E-state index in [0.717, 1.165) is 12.3 Å². The molecule has 0 bridgehead atoms. The number of carbonyl (C=O) groups excluding carboxylic acids is 1. The van der Waals surface area contributed by atoms with Crippen molar-refractivity contribution in [3.05, 3.63) is 29.6 Å². The SMILES string of the molecule is O=C(NC1CCCC(C(F)(F)F)C1)c1ccnc(F)c1F. The van der Waals surface area contributed by atoms with E-state index in [4.69, 9.17) is 0 Å². The molecule has 0 aliphatic heterocycles. The molecule has 0 spiro atoms. The molecule has 1 aliphatic rings. The number of nitrogens with one attached hydrogen (secondary N) is 1. The van der Waals surface area contributed by atoms with Gasteiger partial charge in [0, 0.05) is 12.2 Å². The molecule has 2 rings (SSSR count). The summed E-state index contributed by atoms with van der Waals surface area (Å²) in [5, 5.41) is 2.33. The van der Waals surface area contributed by atoms with Gasteiger partial charge in [-0.2, -0.15) is 17.6 Å². The molecule has 1 aromatic heterocycles. The van der Waals surface area contributed by atoms with Crippen LogP contribution in [-0.4, -0.2) is 23.1 Å². The van der Waals surface area contributed by atoms with Gasteiger partial charge in [0.1, 0.15) is 0 Å². The van der Waals surface area contributed by atoms with Crippen LogP contribution in [0.3, 0.4) is 0 Å². The van der Waals surface area contributed by atoms with Crippen molar-refractivity contribution in [2.75, 3.05) is 0 Å². The molecule has 2 unspecified atom stereocenters. The number of carbonyl (C=O) groups is 1. The zero-order valence-corrected chi connectivity index (χ0v) is 10.9. The van der Waals surface area contributed by atoms with Crippen LogP contribution in [0, 0.1) is 17.7 Å². The van der Waals surface area contributed by atoms with E-state index in [0.29, 0.717) is 12.8 Å². The molecule has 21 heavy (non-hydrogen) atoms. The highest BCUT2D eigenvalue weighted by atomic mass is 19.4. The summed E-state index contributed by atoms with van der Waals surface area (Å²) in [5.41, 5.74) is -0.559. The lowest BCUT2D eigenvalue weighted by Crippen LogP contribution is -2.41. The predicted octanol–water partition coefficient (Wildman–Crippen LogP) is 3.21. The van der Waals surface area contributed by atoms with Gasteiger partial charge in [-0.25, -0.2) is 9.37 Å². The van der Waals surface area contributed by atoms with Crippen LogP contribution in [0.15, 0.2) is 12.3 Å². The van der Waals surface area contributed by atoms with Crippen molar-refractivity contribution in [1.82, 2.24) is 10.3 Å². The fourth-order valence-corrected chi connectivity index (χ4v) is 2.47. The monoisotopic (exact) mass is 308 g/mol. The largest absolute Gasteiger partial charge is 0.391 e.